The molecule has 190 valence electrons. The number of methoxy groups -OCH3 is 2. The molecule has 10 nitrogen and oxygen atoms in total. The number of amides is 1. The summed E-state index contributed by atoms with van der Waals surface area (Å²) in [7, 11) is 4.86. The average Bonchev–Trinajstić information content (AvgIpc) is 3.13. The SMILES string of the molecule is COc1ccc(N(C(=O)CCN(C)C)c2ccc3c4cc(S(N)(=O)=O)ccc4n(C)c3c2)c(OC)n1. The van der Waals surface area contributed by atoms with E-state index in [1.165, 1.54) is 20.3 Å². The summed E-state index contributed by atoms with van der Waals surface area (Å²) in [5.74, 6) is 0.483. The summed E-state index contributed by atoms with van der Waals surface area (Å²) < 4.78 is 36.5. The molecule has 0 atom stereocenters. The van der Waals surface area contributed by atoms with Gasteiger partial charge < -0.3 is 18.9 Å². The first-order chi connectivity index (χ1) is 17.0. The van der Waals surface area contributed by atoms with Crippen LogP contribution in [0.5, 0.6) is 11.8 Å². The number of nitrogens with zero attached hydrogens (tertiary/aromatic N) is 4. The van der Waals surface area contributed by atoms with Gasteiger partial charge in [-0.1, -0.05) is 6.07 Å². The Morgan fingerprint density at radius 1 is 1.00 bits per heavy atom. The largest absolute Gasteiger partial charge is 0.481 e. The molecule has 0 bridgehead atoms. The van der Waals surface area contributed by atoms with Gasteiger partial charge in [0.2, 0.25) is 27.7 Å². The molecule has 0 aliphatic heterocycles. The van der Waals surface area contributed by atoms with Crippen LogP contribution in [-0.4, -0.2) is 63.6 Å². The molecule has 4 aromatic rings. The van der Waals surface area contributed by atoms with E-state index in [1.54, 1.807) is 29.2 Å². The van der Waals surface area contributed by atoms with Gasteiger partial charge in [-0.25, -0.2) is 13.6 Å². The number of nitrogens with two attached hydrogens (primary N) is 1. The summed E-state index contributed by atoms with van der Waals surface area (Å²) >= 11 is 0. The Morgan fingerprint density at radius 2 is 1.75 bits per heavy atom. The third-order valence-corrected chi connectivity index (χ3v) is 6.94. The third kappa shape index (κ3) is 4.72. The first-order valence-electron chi connectivity index (χ1n) is 11.2. The van der Waals surface area contributed by atoms with Crippen molar-refractivity contribution in [1.29, 1.82) is 0 Å². The molecular formula is C25H29N5O5S. The fraction of sp³-hybridized carbons (Fsp3) is 0.280. The van der Waals surface area contributed by atoms with Crippen molar-refractivity contribution >= 4 is 49.1 Å². The number of sulfonamides is 1. The Bertz CT molecular complexity index is 1560. The predicted molar refractivity (Wildman–Crippen MR) is 139 cm³/mol. The van der Waals surface area contributed by atoms with E-state index in [0.29, 0.717) is 23.8 Å². The highest BCUT2D eigenvalue weighted by molar-refractivity contribution is 7.89. The molecule has 2 N–H and O–H groups in total. The van der Waals surface area contributed by atoms with Crippen LogP contribution < -0.4 is 19.5 Å². The number of rotatable bonds is 8. The Kier molecular flexibility index (Phi) is 6.90. The number of pyridine rings is 1. The molecule has 0 unspecified atom stereocenters. The molecule has 4 rings (SSSR count). The van der Waals surface area contributed by atoms with E-state index < -0.39 is 10.0 Å². The van der Waals surface area contributed by atoms with Gasteiger partial charge in [-0.3, -0.25) is 9.69 Å². The summed E-state index contributed by atoms with van der Waals surface area (Å²) in [6.45, 7) is 0.563. The average molecular weight is 512 g/mol. The number of hydrogen-bond acceptors (Lipinski definition) is 7. The van der Waals surface area contributed by atoms with E-state index in [9.17, 15) is 13.2 Å². The fourth-order valence-electron chi connectivity index (χ4n) is 4.19. The standard InChI is InChI=1S/C25H29N5O5S/c1-28(2)13-12-24(31)30(21-10-11-23(34-4)27-25(21)35-5)16-6-8-18-19-15-17(36(26,32)33)7-9-20(19)29(3)22(18)14-16/h6-11,14-15H,12-13H2,1-5H3,(H2,26,32,33). The second-order valence-corrected chi connectivity index (χ2v) is 10.2. The molecule has 2 heterocycles. The zero-order chi connectivity index (χ0) is 26.2. The van der Waals surface area contributed by atoms with Crippen LogP contribution in [0.1, 0.15) is 6.42 Å². The van der Waals surface area contributed by atoms with Gasteiger partial charge in [0.25, 0.3) is 0 Å². The first-order valence-corrected chi connectivity index (χ1v) is 12.7. The lowest BCUT2D eigenvalue weighted by atomic mass is 10.1. The minimum Gasteiger partial charge on any atom is -0.481 e. The van der Waals surface area contributed by atoms with Crippen molar-refractivity contribution in [2.75, 3.05) is 39.8 Å². The van der Waals surface area contributed by atoms with Crippen LogP contribution in [-0.2, 0) is 21.9 Å². The van der Waals surface area contributed by atoms with Crippen molar-refractivity contribution in [3.63, 3.8) is 0 Å². The molecule has 0 fully saturated rings. The number of primary sulfonamides is 1. The molecule has 0 radical (unpaired) electrons. The minimum atomic E-state index is -3.85. The quantitative estimate of drug-likeness (QED) is 0.386. The van der Waals surface area contributed by atoms with E-state index in [4.69, 9.17) is 14.6 Å². The molecule has 11 heteroatoms. The Hall–Kier alpha value is -3.67. The third-order valence-electron chi connectivity index (χ3n) is 6.03. The number of hydrogen-bond donors (Lipinski definition) is 1. The van der Waals surface area contributed by atoms with Gasteiger partial charge >= 0.3 is 0 Å². The second kappa shape index (κ2) is 9.76. The van der Waals surface area contributed by atoms with E-state index in [0.717, 1.165) is 21.8 Å². The van der Waals surface area contributed by atoms with Crippen molar-refractivity contribution in [2.45, 2.75) is 11.3 Å². The van der Waals surface area contributed by atoms with Gasteiger partial charge in [-0.05, 0) is 50.5 Å². The van der Waals surface area contributed by atoms with Crippen molar-refractivity contribution in [2.24, 2.45) is 12.2 Å². The van der Waals surface area contributed by atoms with Gasteiger partial charge in [0.05, 0.1) is 30.3 Å². The van der Waals surface area contributed by atoms with Crippen LogP contribution in [0.2, 0.25) is 0 Å². The smallest absolute Gasteiger partial charge is 0.241 e. The predicted octanol–water partition coefficient (Wildman–Crippen LogP) is 3.01. The van der Waals surface area contributed by atoms with Crippen LogP contribution in [0, 0.1) is 0 Å². The Labute approximate surface area is 209 Å². The number of aromatic nitrogens is 2. The summed E-state index contributed by atoms with van der Waals surface area (Å²) in [5.41, 5.74) is 2.76. The van der Waals surface area contributed by atoms with Crippen LogP contribution >= 0.6 is 0 Å². The molecule has 36 heavy (non-hydrogen) atoms. The topological polar surface area (TPSA) is 120 Å². The van der Waals surface area contributed by atoms with Gasteiger partial charge in [-0.15, -0.1) is 0 Å². The maximum Gasteiger partial charge on any atom is 0.241 e. The van der Waals surface area contributed by atoms with Crippen LogP contribution in [0.4, 0.5) is 11.4 Å². The fourth-order valence-corrected chi connectivity index (χ4v) is 4.73. The number of fused-ring (bicyclic) bond motifs is 3. The van der Waals surface area contributed by atoms with E-state index in [2.05, 4.69) is 4.98 Å². The van der Waals surface area contributed by atoms with Crippen molar-refractivity contribution < 1.29 is 22.7 Å². The number of carbonyl (C=O) groups excluding carboxylic acids is 1. The summed E-state index contributed by atoms with van der Waals surface area (Å²) in [4.78, 5) is 21.4. The monoisotopic (exact) mass is 511 g/mol. The number of benzene rings is 2. The zero-order valence-electron chi connectivity index (χ0n) is 20.8. The van der Waals surface area contributed by atoms with Crippen molar-refractivity contribution in [1.82, 2.24) is 14.5 Å². The highest BCUT2D eigenvalue weighted by atomic mass is 32.2. The lowest BCUT2D eigenvalue weighted by Crippen LogP contribution is -2.29. The van der Waals surface area contributed by atoms with Gasteiger partial charge in [0.15, 0.2) is 0 Å². The van der Waals surface area contributed by atoms with E-state index in [-0.39, 0.29) is 23.1 Å². The molecule has 2 aromatic heterocycles. The van der Waals surface area contributed by atoms with E-state index in [1.807, 2.05) is 48.8 Å². The van der Waals surface area contributed by atoms with Gasteiger partial charge in [0, 0.05) is 42.4 Å². The molecule has 0 aliphatic carbocycles. The highest BCUT2D eigenvalue weighted by Gasteiger charge is 2.24. The normalized spacial score (nSPS) is 11.9. The lowest BCUT2D eigenvalue weighted by molar-refractivity contribution is -0.118. The summed E-state index contributed by atoms with van der Waals surface area (Å²) in [5, 5.41) is 6.93. The highest BCUT2D eigenvalue weighted by Crippen LogP contribution is 2.38. The molecule has 0 aliphatic rings. The number of ether oxygens (including phenoxy) is 2. The lowest BCUT2D eigenvalue weighted by Gasteiger charge is -2.25. The van der Waals surface area contributed by atoms with Crippen LogP contribution in [0.3, 0.4) is 0 Å². The number of aryl methyl sites for hydroxylation is 1. The zero-order valence-corrected chi connectivity index (χ0v) is 21.7. The van der Waals surface area contributed by atoms with Crippen LogP contribution in [0.25, 0.3) is 21.8 Å². The molecule has 2 aromatic carbocycles. The van der Waals surface area contributed by atoms with Gasteiger partial charge in [-0.2, -0.15) is 4.98 Å². The molecule has 0 spiro atoms. The molecule has 1 amide bonds. The Morgan fingerprint density at radius 3 is 2.39 bits per heavy atom. The Balaban J connectivity index is 1.91. The number of anilines is 2. The van der Waals surface area contributed by atoms with Crippen molar-refractivity contribution in [3.05, 3.63) is 48.5 Å². The maximum atomic E-state index is 13.5. The molecule has 0 saturated carbocycles. The van der Waals surface area contributed by atoms with E-state index >= 15 is 0 Å². The second-order valence-electron chi connectivity index (χ2n) is 8.65. The molecular weight excluding hydrogens is 482 g/mol. The summed E-state index contributed by atoms with van der Waals surface area (Å²) in [6, 6.07) is 13.8. The first kappa shape index (κ1) is 25.4. The van der Waals surface area contributed by atoms with Crippen molar-refractivity contribution in [3.8, 4) is 11.8 Å². The molecule has 0 saturated heterocycles. The summed E-state index contributed by atoms with van der Waals surface area (Å²) in [6.07, 6.45) is 0.271. The minimum absolute atomic E-state index is 0.0427. The van der Waals surface area contributed by atoms with Gasteiger partial charge in [0.1, 0.15) is 5.69 Å². The van der Waals surface area contributed by atoms with Crippen LogP contribution in [0.15, 0.2) is 53.4 Å². The number of carbonyl (C=O) groups is 1. The maximum absolute atomic E-state index is 13.5.